The van der Waals surface area contributed by atoms with Gasteiger partial charge in [0.2, 0.25) is 5.91 Å². The number of benzene rings is 3. The molecular weight excluding hydrogens is 444 g/mol. The van der Waals surface area contributed by atoms with E-state index in [2.05, 4.69) is 24.4 Å². The molecule has 3 aromatic rings. The maximum atomic E-state index is 13.1. The van der Waals surface area contributed by atoms with E-state index < -0.39 is 15.9 Å². The van der Waals surface area contributed by atoms with Crippen LogP contribution in [0.1, 0.15) is 51.4 Å². The highest BCUT2D eigenvalue weighted by atomic mass is 32.2. The molecule has 0 bridgehead atoms. The van der Waals surface area contributed by atoms with Gasteiger partial charge in [0, 0.05) is 0 Å². The highest BCUT2D eigenvalue weighted by molar-refractivity contribution is 7.91. The van der Waals surface area contributed by atoms with Crippen molar-refractivity contribution in [3.8, 4) is 0 Å². The minimum absolute atomic E-state index is 0.00833. The Hall–Kier alpha value is -2.96. The van der Waals surface area contributed by atoms with Gasteiger partial charge in [0.25, 0.3) is 0 Å². The summed E-state index contributed by atoms with van der Waals surface area (Å²) < 4.78 is 25.4. The summed E-state index contributed by atoms with van der Waals surface area (Å²) in [6, 6.07) is 18.6. The van der Waals surface area contributed by atoms with E-state index in [0.717, 1.165) is 27.8 Å². The molecule has 34 heavy (non-hydrogen) atoms. The molecule has 0 aromatic heterocycles. The summed E-state index contributed by atoms with van der Waals surface area (Å²) >= 11 is 0. The van der Waals surface area contributed by atoms with Crippen LogP contribution in [-0.4, -0.2) is 26.1 Å². The molecule has 0 spiro atoms. The second-order valence-corrected chi connectivity index (χ2v) is 11.5. The number of hydrogen-bond donors (Lipinski definition) is 2. The predicted octanol–water partition coefficient (Wildman–Crippen LogP) is 4.11. The van der Waals surface area contributed by atoms with Crippen LogP contribution in [0.4, 0.5) is 0 Å². The van der Waals surface area contributed by atoms with E-state index in [1.165, 1.54) is 5.56 Å². The lowest BCUT2D eigenvalue weighted by molar-refractivity contribution is -0.123. The Kier molecular flexibility index (Phi) is 6.91. The fraction of sp³-hybridized carbons (Fsp3) is 0.321. The van der Waals surface area contributed by atoms with E-state index in [4.69, 9.17) is 5.73 Å². The Bertz CT molecular complexity index is 1290. The molecule has 0 fully saturated rings. The van der Waals surface area contributed by atoms with E-state index in [1.54, 1.807) is 6.07 Å². The van der Waals surface area contributed by atoms with Crippen molar-refractivity contribution in [1.82, 2.24) is 5.32 Å². The molecule has 178 valence electrons. The van der Waals surface area contributed by atoms with Gasteiger partial charge in [0.05, 0.1) is 22.7 Å². The van der Waals surface area contributed by atoms with Crippen molar-refractivity contribution in [3.63, 3.8) is 0 Å². The molecule has 4 rings (SSSR count). The molecule has 0 saturated carbocycles. The largest absolute Gasteiger partial charge is 0.348 e. The van der Waals surface area contributed by atoms with E-state index in [9.17, 15) is 13.2 Å². The van der Waals surface area contributed by atoms with Crippen molar-refractivity contribution < 1.29 is 13.2 Å². The second-order valence-electron chi connectivity index (χ2n) is 9.39. The Morgan fingerprint density at radius 3 is 2.35 bits per heavy atom. The smallest absolute Gasteiger partial charge is 0.237 e. The number of carbonyl (C=O) groups is 1. The molecule has 1 aliphatic rings. The maximum Gasteiger partial charge on any atom is 0.237 e. The van der Waals surface area contributed by atoms with Crippen LogP contribution in [0.25, 0.3) is 0 Å². The van der Waals surface area contributed by atoms with E-state index >= 15 is 0 Å². The van der Waals surface area contributed by atoms with E-state index in [-0.39, 0.29) is 17.7 Å². The predicted molar refractivity (Wildman–Crippen MR) is 136 cm³/mol. The normalized spacial score (nSPS) is 17.6. The van der Waals surface area contributed by atoms with Gasteiger partial charge in [0.1, 0.15) is 0 Å². The van der Waals surface area contributed by atoms with E-state index in [0.29, 0.717) is 29.7 Å². The van der Waals surface area contributed by atoms with Gasteiger partial charge in [-0.05, 0) is 79.5 Å². The highest BCUT2D eigenvalue weighted by Gasteiger charge is 2.32. The third kappa shape index (κ3) is 5.24. The number of nitrogens with one attached hydrogen (secondary N) is 1. The number of aryl methyl sites for hydroxylation is 3. The van der Waals surface area contributed by atoms with Gasteiger partial charge >= 0.3 is 0 Å². The lowest BCUT2D eigenvalue weighted by Gasteiger charge is -2.28. The van der Waals surface area contributed by atoms with Gasteiger partial charge in [0.15, 0.2) is 9.84 Å². The zero-order valence-electron chi connectivity index (χ0n) is 20.0. The van der Waals surface area contributed by atoms with Gasteiger partial charge in [-0.1, -0.05) is 60.2 Å². The SMILES string of the molecule is Cc1cc(C)c(C[C@H](N)C(=O)N[C@@H]2CCS(=O)(=O)c3ccc(Cc4ccccc4)cc32)c(C)c1. The third-order valence-electron chi connectivity index (χ3n) is 6.63. The first-order valence-corrected chi connectivity index (χ1v) is 13.3. The highest BCUT2D eigenvalue weighted by Crippen LogP contribution is 2.33. The lowest BCUT2D eigenvalue weighted by atomic mass is 9.94. The number of carbonyl (C=O) groups excluding carboxylic acids is 1. The maximum absolute atomic E-state index is 13.1. The number of rotatable bonds is 6. The molecule has 0 radical (unpaired) electrons. The topological polar surface area (TPSA) is 89.3 Å². The number of hydrogen-bond acceptors (Lipinski definition) is 4. The quantitative estimate of drug-likeness (QED) is 0.560. The van der Waals surface area contributed by atoms with Crippen LogP contribution < -0.4 is 11.1 Å². The summed E-state index contributed by atoms with van der Waals surface area (Å²) in [5, 5.41) is 3.05. The minimum atomic E-state index is -3.37. The van der Waals surface area contributed by atoms with Crippen molar-refractivity contribution in [3.05, 3.63) is 99.6 Å². The average molecular weight is 477 g/mol. The van der Waals surface area contributed by atoms with Crippen molar-refractivity contribution >= 4 is 15.7 Å². The zero-order valence-corrected chi connectivity index (χ0v) is 20.8. The fourth-order valence-electron chi connectivity index (χ4n) is 4.91. The molecule has 0 unspecified atom stereocenters. The molecule has 1 heterocycles. The van der Waals surface area contributed by atoms with Crippen molar-refractivity contribution in [2.75, 3.05) is 5.75 Å². The summed E-state index contributed by atoms with van der Waals surface area (Å²) in [5.74, 6) is -0.253. The summed E-state index contributed by atoms with van der Waals surface area (Å²) in [4.78, 5) is 13.4. The first-order valence-electron chi connectivity index (χ1n) is 11.7. The van der Waals surface area contributed by atoms with Crippen LogP contribution in [0.2, 0.25) is 0 Å². The van der Waals surface area contributed by atoms with Crippen molar-refractivity contribution in [2.45, 2.75) is 57.0 Å². The lowest BCUT2D eigenvalue weighted by Crippen LogP contribution is -2.45. The summed E-state index contributed by atoms with van der Waals surface area (Å²) in [5.41, 5.74) is 13.7. The van der Waals surface area contributed by atoms with Crippen LogP contribution in [0.3, 0.4) is 0 Å². The Balaban J connectivity index is 1.55. The number of nitrogens with two attached hydrogens (primary N) is 1. The first-order chi connectivity index (χ1) is 16.1. The van der Waals surface area contributed by atoms with Crippen LogP contribution in [0.5, 0.6) is 0 Å². The summed E-state index contributed by atoms with van der Waals surface area (Å²) in [6.07, 6.45) is 1.47. The average Bonchev–Trinajstić information content (AvgIpc) is 2.78. The molecule has 0 aliphatic carbocycles. The van der Waals surface area contributed by atoms with Crippen molar-refractivity contribution in [1.29, 1.82) is 0 Å². The number of fused-ring (bicyclic) bond motifs is 1. The monoisotopic (exact) mass is 476 g/mol. The van der Waals surface area contributed by atoms with Crippen LogP contribution >= 0.6 is 0 Å². The molecule has 3 N–H and O–H groups in total. The van der Waals surface area contributed by atoms with Gasteiger partial charge in [-0.15, -0.1) is 0 Å². The molecule has 0 saturated heterocycles. The second kappa shape index (κ2) is 9.72. The molecule has 3 aromatic carbocycles. The fourth-order valence-corrected chi connectivity index (χ4v) is 6.51. The number of amides is 1. The zero-order chi connectivity index (χ0) is 24.5. The molecule has 1 amide bonds. The molecule has 6 heteroatoms. The molecular formula is C28H32N2O3S. The first kappa shape index (κ1) is 24.2. The molecule has 1 aliphatic heterocycles. The molecule has 5 nitrogen and oxygen atoms in total. The van der Waals surface area contributed by atoms with Gasteiger partial charge in [-0.3, -0.25) is 4.79 Å². The summed E-state index contributed by atoms with van der Waals surface area (Å²) in [7, 11) is -3.37. The minimum Gasteiger partial charge on any atom is -0.348 e. The van der Waals surface area contributed by atoms with Gasteiger partial charge in [-0.25, -0.2) is 8.42 Å². The molecule has 2 atom stereocenters. The summed E-state index contributed by atoms with van der Waals surface area (Å²) in [6.45, 7) is 6.13. The van der Waals surface area contributed by atoms with Crippen LogP contribution in [-0.2, 0) is 27.5 Å². The van der Waals surface area contributed by atoms with Gasteiger partial charge in [-0.2, -0.15) is 0 Å². The van der Waals surface area contributed by atoms with Gasteiger partial charge < -0.3 is 11.1 Å². The van der Waals surface area contributed by atoms with Crippen molar-refractivity contribution in [2.24, 2.45) is 5.73 Å². The Morgan fingerprint density at radius 2 is 1.68 bits per heavy atom. The standard InChI is InChI=1S/C28H32N2O3S/c1-18-13-19(2)23(20(3)14-18)17-25(29)28(31)30-26-11-12-34(32,33)27-10-9-22(16-24(26)27)15-21-7-5-4-6-8-21/h4-10,13-14,16,25-26H,11-12,15,17,29H2,1-3H3,(H,30,31)/t25-,26+/m0/s1. The third-order valence-corrected chi connectivity index (χ3v) is 8.44. The Labute approximate surface area is 202 Å². The number of sulfone groups is 1. The van der Waals surface area contributed by atoms with E-state index in [1.807, 2.05) is 56.3 Å². The van der Waals surface area contributed by atoms with Crippen LogP contribution in [0, 0.1) is 20.8 Å². The van der Waals surface area contributed by atoms with Crippen LogP contribution in [0.15, 0.2) is 65.6 Å². The Morgan fingerprint density at radius 1 is 1.00 bits per heavy atom.